The molecule has 1 aromatic rings. The van der Waals surface area contributed by atoms with E-state index < -0.39 is 16.8 Å². The number of esters is 1. The van der Waals surface area contributed by atoms with Gasteiger partial charge in [0.2, 0.25) is 0 Å². The Morgan fingerprint density at radius 3 is 2.59 bits per heavy atom. The first-order chi connectivity index (χ1) is 13.6. The zero-order valence-electron chi connectivity index (χ0n) is 16.1. The van der Waals surface area contributed by atoms with Crippen LogP contribution >= 0.6 is 35.0 Å². The number of hydrogen-bond acceptors (Lipinski definition) is 7. The van der Waals surface area contributed by atoms with E-state index >= 15 is 0 Å². The number of thioether (sulfide) groups is 1. The second kappa shape index (κ2) is 10.1. The smallest absolute Gasteiger partial charge is 0.336 e. The van der Waals surface area contributed by atoms with Crippen LogP contribution in [0.25, 0.3) is 0 Å². The molecule has 1 unspecified atom stereocenters. The van der Waals surface area contributed by atoms with E-state index in [1.165, 1.54) is 6.92 Å². The molecule has 10 heteroatoms. The van der Waals surface area contributed by atoms with Crippen LogP contribution in [0.4, 0.5) is 0 Å². The number of rotatable bonds is 7. The lowest BCUT2D eigenvalue weighted by Gasteiger charge is -2.27. The second-order valence-corrected chi connectivity index (χ2v) is 8.39. The third-order valence-electron chi connectivity index (χ3n) is 4.26. The van der Waals surface area contributed by atoms with Gasteiger partial charge in [-0.25, -0.2) is 4.79 Å². The summed E-state index contributed by atoms with van der Waals surface area (Å²) in [6.07, 6.45) is 0.481. The maximum absolute atomic E-state index is 12.8. The van der Waals surface area contributed by atoms with Crippen molar-refractivity contribution in [2.75, 3.05) is 12.4 Å². The fraction of sp³-hybridized carbons (Fsp3) is 0.368. The summed E-state index contributed by atoms with van der Waals surface area (Å²) in [5, 5.41) is 15.0. The number of dihydropyridines is 1. The lowest BCUT2D eigenvalue weighted by Crippen LogP contribution is -2.32. The maximum atomic E-state index is 12.8. The molecule has 7 nitrogen and oxygen atoms in total. The first-order valence-corrected chi connectivity index (χ1v) is 10.5. The Kier molecular flexibility index (Phi) is 8.13. The minimum atomic E-state index is -1.03. The second-order valence-electron chi connectivity index (χ2n) is 6.34. The van der Waals surface area contributed by atoms with Crippen molar-refractivity contribution in [1.82, 2.24) is 5.32 Å². The number of hydrogen-bond donors (Lipinski definition) is 1. The summed E-state index contributed by atoms with van der Waals surface area (Å²) >= 11 is 13.6. The van der Waals surface area contributed by atoms with Crippen LogP contribution in [0.3, 0.4) is 0 Å². The Morgan fingerprint density at radius 1 is 1.28 bits per heavy atom. The fourth-order valence-electron chi connectivity index (χ4n) is 3.06. The third kappa shape index (κ3) is 5.52. The van der Waals surface area contributed by atoms with Gasteiger partial charge in [0.25, 0.3) is 5.70 Å². The molecule has 29 heavy (non-hydrogen) atoms. The van der Waals surface area contributed by atoms with E-state index in [2.05, 4.69) is 5.32 Å². The summed E-state index contributed by atoms with van der Waals surface area (Å²) < 4.78 is 5.34. The highest BCUT2D eigenvalue weighted by Gasteiger charge is 2.42. The van der Waals surface area contributed by atoms with E-state index in [-0.39, 0.29) is 33.0 Å². The third-order valence-corrected chi connectivity index (χ3v) is 5.99. The molecule has 0 aliphatic carbocycles. The number of allylic oxidation sites excluding steroid dienone is 3. The Bertz CT molecular complexity index is 914. The Morgan fingerprint density at radius 2 is 1.97 bits per heavy atom. The summed E-state index contributed by atoms with van der Waals surface area (Å²) in [6, 6.07) is 4.79. The van der Waals surface area contributed by atoms with E-state index in [9.17, 15) is 19.7 Å². The summed E-state index contributed by atoms with van der Waals surface area (Å²) in [5.74, 6) is -1.20. The molecule has 0 radical (unpaired) electrons. The molecule has 0 aromatic heterocycles. The van der Waals surface area contributed by atoms with Crippen LogP contribution < -0.4 is 5.32 Å². The number of carbonyl (C=O) groups excluding carboxylic acids is 2. The molecule has 1 aliphatic heterocycles. The Balaban J connectivity index is 2.38. The summed E-state index contributed by atoms with van der Waals surface area (Å²) in [6.45, 7) is 4.76. The molecule has 2 rings (SSSR count). The van der Waals surface area contributed by atoms with Crippen molar-refractivity contribution in [2.24, 2.45) is 0 Å². The van der Waals surface area contributed by atoms with E-state index in [0.29, 0.717) is 29.1 Å². The molecular weight excluding hydrogens is 439 g/mol. The van der Waals surface area contributed by atoms with Crippen molar-refractivity contribution in [3.63, 3.8) is 0 Å². The number of carbonyl (C=O) groups is 2. The fourth-order valence-corrected chi connectivity index (χ4v) is 4.03. The summed E-state index contributed by atoms with van der Waals surface area (Å²) in [4.78, 5) is 35.1. The number of ether oxygens (including phenoxy) is 1. The number of halogens is 2. The quantitative estimate of drug-likeness (QED) is 0.274. The zero-order chi connectivity index (χ0) is 21.7. The van der Waals surface area contributed by atoms with E-state index in [0.717, 1.165) is 11.8 Å². The lowest BCUT2D eigenvalue weighted by atomic mass is 9.84. The van der Waals surface area contributed by atoms with Crippen molar-refractivity contribution in [2.45, 2.75) is 33.1 Å². The number of benzene rings is 1. The van der Waals surface area contributed by atoms with Crippen molar-refractivity contribution in [3.05, 3.63) is 66.6 Å². The minimum absolute atomic E-state index is 0.0155. The molecule has 0 fully saturated rings. The van der Waals surface area contributed by atoms with Gasteiger partial charge in [-0.1, -0.05) is 47.1 Å². The van der Waals surface area contributed by atoms with Crippen molar-refractivity contribution < 1.29 is 19.2 Å². The summed E-state index contributed by atoms with van der Waals surface area (Å²) in [7, 11) is 0. The zero-order valence-corrected chi connectivity index (χ0v) is 18.4. The minimum Gasteiger partial charge on any atom is -0.462 e. The molecule has 0 amide bonds. The molecule has 156 valence electrons. The van der Waals surface area contributed by atoms with E-state index in [1.807, 2.05) is 0 Å². The van der Waals surface area contributed by atoms with Gasteiger partial charge in [0, 0.05) is 18.4 Å². The Hall–Kier alpha value is -2.03. The van der Waals surface area contributed by atoms with Gasteiger partial charge >= 0.3 is 5.97 Å². The largest absolute Gasteiger partial charge is 0.462 e. The molecule has 1 heterocycles. The first kappa shape index (κ1) is 23.3. The van der Waals surface area contributed by atoms with E-state index in [1.54, 1.807) is 32.0 Å². The molecule has 1 N–H and O–H groups in total. The van der Waals surface area contributed by atoms with Crippen LogP contribution in [0.5, 0.6) is 0 Å². The molecule has 1 aliphatic rings. The monoisotopic (exact) mass is 458 g/mol. The highest BCUT2D eigenvalue weighted by Crippen LogP contribution is 2.43. The van der Waals surface area contributed by atoms with Crippen molar-refractivity contribution in [1.29, 1.82) is 0 Å². The van der Waals surface area contributed by atoms with Gasteiger partial charge in [-0.2, -0.15) is 0 Å². The van der Waals surface area contributed by atoms with Crippen LogP contribution in [0.15, 0.2) is 40.9 Å². The van der Waals surface area contributed by atoms with Crippen molar-refractivity contribution >= 4 is 46.0 Å². The van der Waals surface area contributed by atoms with Crippen LogP contribution in [-0.4, -0.2) is 28.4 Å². The normalized spacial score (nSPS) is 16.5. The first-order valence-electron chi connectivity index (χ1n) is 8.72. The predicted molar refractivity (Wildman–Crippen MR) is 113 cm³/mol. The van der Waals surface area contributed by atoms with Crippen LogP contribution in [0.2, 0.25) is 10.0 Å². The van der Waals surface area contributed by atoms with Crippen molar-refractivity contribution in [3.8, 4) is 0 Å². The number of nitro groups is 1. The number of nitrogens with one attached hydrogen (secondary N) is 1. The topological polar surface area (TPSA) is 98.5 Å². The molecule has 0 spiro atoms. The van der Waals surface area contributed by atoms with Crippen LogP contribution in [0, 0.1) is 10.1 Å². The van der Waals surface area contributed by atoms with Gasteiger partial charge in [-0.15, -0.1) is 0 Å². The van der Waals surface area contributed by atoms with Crippen LogP contribution in [-0.2, 0) is 14.3 Å². The molecule has 1 aromatic carbocycles. The van der Waals surface area contributed by atoms with Gasteiger partial charge in [0.15, 0.2) is 5.12 Å². The van der Waals surface area contributed by atoms with Crippen LogP contribution in [0.1, 0.15) is 38.7 Å². The predicted octanol–water partition coefficient (Wildman–Crippen LogP) is 4.68. The van der Waals surface area contributed by atoms with Gasteiger partial charge < -0.3 is 10.1 Å². The molecule has 0 saturated heterocycles. The summed E-state index contributed by atoms with van der Waals surface area (Å²) in [5.41, 5.74) is 1.01. The average Bonchev–Trinajstić information content (AvgIpc) is 2.62. The molecular formula is C19H20Cl2N2O5S. The number of nitrogens with zero attached hydrogens (tertiary/aromatic N) is 1. The SMILES string of the molecule is CC(=O)SCCCOC(=O)C1=C(C)NC(C)=C([N+](=O)[O-])C1c1cccc(Cl)c1Cl. The maximum Gasteiger partial charge on any atom is 0.336 e. The molecule has 0 bridgehead atoms. The highest BCUT2D eigenvalue weighted by atomic mass is 35.5. The Labute approximate surface area is 182 Å². The lowest BCUT2D eigenvalue weighted by molar-refractivity contribution is -0.431. The van der Waals surface area contributed by atoms with Gasteiger partial charge in [-0.05, 0) is 31.9 Å². The van der Waals surface area contributed by atoms with Gasteiger partial charge in [0.05, 0.1) is 32.8 Å². The molecule has 0 saturated carbocycles. The highest BCUT2D eigenvalue weighted by molar-refractivity contribution is 8.13. The van der Waals surface area contributed by atoms with Gasteiger partial charge in [0.1, 0.15) is 5.92 Å². The standard InChI is InChI=1S/C19H20Cl2N2O5S/c1-10-15(19(25)28-8-5-9-29-12(3)24)16(18(23(26)27)11(2)22-10)13-6-4-7-14(20)17(13)21/h4,6-7,16,22H,5,8-9H2,1-3H3. The van der Waals surface area contributed by atoms with E-state index in [4.69, 9.17) is 27.9 Å². The molecule has 1 atom stereocenters. The van der Waals surface area contributed by atoms with Gasteiger partial charge in [-0.3, -0.25) is 14.9 Å². The average molecular weight is 459 g/mol.